The van der Waals surface area contributed by atoms with E-state index < -0.39 is 12.3 Å². The molecule has 4 heteroatoms. The molecule has 0 aromatic rings. The molecule has 0 spiro atoms. The molecule has 0 aromatic carbocycles. The molecule has 60 valence electrons. The molecule has 0 aliphatic carbocycles. The number of rotatable bonds is 5. The predicted octanol–water partition coefficient (Wildman–Crippen LogP) is 0.206. The quantitative estimate of drug-likeness (QED) is 0.547. The molecule has 0 aliphatic heterocycles. The van der Waals surface area contributed by atoms with Crippen LogP contribution < -0.4 is 0 Å². The third kappa shape index (κ3) is 5.53. The van der Waals surface area contributed by atoms with Crippen molar-refractivity contribution in [3.63, 3.8) is 0 Å². The van der Waals surface area contributed by atoms with E-state index in [0.717, 1.165) is 0 Å². The molecule has 0 aliphatic rings. The second-order valence-electron chi connectivity index (χ2n) is 1.98. The third-order valence-corrected chi connectivity index (χ3v) is 1.11. The van der Waals surface area contributed by atoms with Crippen LogP contribution in [0.3, 0.4) is 0 Å². The van der Waals surface area contributed by atoms with E-state index in [1.165, 1.54) is 7.11 Å². The molecule has 10 heavy (non-hydrogen) atoms. The lowest BCUT2D eigenvalue weighted by molar-refractivity contribution is -0.137. The van der Waals surface area contributed by atoms with Crippen LogP contribution in [0, 0.1) is 0 Å². The Morgan fingerprint density at radius 1 is 1.70 bits per heavy atom. The number of carbonyl (C=O) groups is 1. The smallest absolute Gasteiger partial charge is 0.303 e. The normalized spacial score (nSPS) is 13.0. The Morgan fingerprint density at radius 3 is 2.70 bits per heavy atom. The van der Waals surface area contributed by atoms with Crippen LogP contribution >= 0.6 is 0 Å². The standard InChI is InChI=1S/C6H12O4/c1-10-6(9)4-2-3-5(7)8/h6,9H,2-4H2,1H3,(H,7,8). The van der Waals surface area contributed by atoms with E-state index in [-0.39, 0.29) is 6.42 Å². The van der Waals surface area contributed by atoms with E-state index in [1.807, 2.05) is 0 Å². The van der Waals surface area contributed by atoms with Crippen LogP contribution in [-0.4, -0.2) is 29.6 Å². The summed E-state index contributed by atoms with van der Waals surface area (Å²) in [6, 6.07) is 0. The van der Waals surface area contributed by atoms with E-state index in [4.69, 9.17) is 10.2 Å². The maximum atomic E-state index is 9.95. The average Bonchev–Trinajstić information content (AvgIpc) is 1.87. The number of carboxylic acid groups (broad SMARTS) is 1. The lowest BCUT2D eigenvalue weighted by Gasteiger charge is -2.05. The van der Waals surface area contributed by atoms with Crippen molar-refractivity contribution in [2.24, 2.45) is 0 Å². The highest BCUT2D eigenvalue weighted by atomic mass is 16.6. The largest absolute Gasteiger partial charge is 0.481 e. The van der Waals surface area contributed by atoms with Crippen molar-refractivity contribution < 1.29 is 19.7 Å². The molecule has 1 atom stereocenters. The zero-order valence-electron chi connectivity index (χ0n) is 5.91. The first-order chi connectivity index (χ1) is 4.66. The van der Waals surface area contributed by atoms with Crippen molar-refractivity contribution in [2.75, 3.05) is 7.11 Å². The summed E-state index contributed by atoms with van der Waals surface area (Å²) >= 11 is 0. The fourth-order valence-electron chi connectivity index (χ4n) is 0.546. The Kier molecular flexibility index (Phi) is 4.88. The summed E-state index contributed by atoms with van der Waals surface area (Å²) in [6.45, 7) is 0. The van der Waals surface area contributed by atoms with Crippen molar-refractivity contribution in [1.29, 1.82) is 0 Å². The summed E-state index contributed by atoms with van der Waals surface area (Å²) in [4.78, 5) is 9.95. The van der Waals surface area contributed by atoms with Crippen LogP contribution in [0.5, 0.6) is 0 Å². The zero-order chi connectivity index (χ0) is 7.98. The monoisotopic (exact) mass is 148 g/mol. The Labute approximate surface area is 59.4 Å². The number of methoxy groups -OCH3 is 1. The molecule has 1 unspecified atom stereocenters. The number of hydrogen-bond donors (Lipinski definition) is 2. The number of carboxylic acids is 1. The lowest BCUT2D eigenvalue weighted by Crippen LogP contribution is -2.09. The van der Waals surface area contributed by atoms with E-state index in [0.29, 0.717) is 12.8 Å². The molecule has 2 N–H and O–H groups in total. The van der Waals surface area contributed by atoms with Crippen LogP contribution in [0.15, 0.2) is 0 Å². The van der Waals surface area contributed by atoms with E-state index in [1.54, 1.807) is 0 Å². The number of aliphatic carboxylic acids is 1. The SMILES string of the molecule is COC(O)CCCC(=O)O. The van der Waals surface area contributed by atoms with Crippen molar-refractivity contribution in [3.05, 3.63) is 0 Å². The summed E-state index contributed by atoms with van der Waals surface area (Å²) < 4.78 is 4.49. The number of aliphatic hydroxyl groups is 1. The molecule has 0 amide bonds. The number of hydrogen-bond acceptors (Lipinski definition) is 3. The first kappa shape index (κ1) is 9.39. The average molecular weight is 148 g/mol. The van der Waals surface area contributed by atoms with Gasteiger partial charge < -0.3 is 14.9 Å². The van der Waals surface area contributed by atoms with Gasteiger partial charge in [0, 0.05) is 13.5 Å². The summed E-state index contributed by atoms with van der Waals surface area (Å²) in [5.74, 6) is -0.844. The topological polar surface area (TPSA) is 66.8 Å². The number of aliphatic hydroxyl groups excluding tert-OH is 1. The van der Waals surface area contributed by atoms with Gasteiger partial charge in [0.1, 0.15) is 0 Å². The highest BCUT2D eigenvalue weighted by molar-refractivity contribution is 5.66. The molecule has 0 saturated carbocycles. The molecular weight excluding hydrogens is 136 g/mol. The van der Waals surface area contributed by atoms with Gasteiger partial charge in [0.2, 0.25) is 0 Å². The third-order valence-electron chi connectivity index (χ3n) is 1.11. The Balaban J connectivity index is 3.11. The van der Waals surface area contributed by atoms with Crippen molar-refractivity contribution in [1.82, 2.24) is 0 Å². The van der Waals surface area contributed by atoms with Gasteiger partial charge in [0.05, 0.1) is 0 Å². The Morgan fingerprint density at radius 2 is 2.30 bits per heavy atom. The molecule has 0 radical (unpaired) electrons. The fourth-order valence-corrected chi connectivity index (χ4v) is 0.546. The van der Waals surface area contributed by atoms with Crippen LogP contribution in [0.1, 0.15) is 19.3 Å². The van der Waals surface area contributed by atoms with Gasteiger partial charge in [-0.3, -0.25) is 4.79 Å². The first-order valence-electron chi connectivity index (χ1n) is 3.09. The Hall–Kier alpha value is -0.610. The van der Waals surface area contributed by atoms with Crippen LogP contribution in [-0.2, 0) is 9.53 Å². The van der Waals surface area contributed by atoms with Crippen LogP contribution in [0.4, 0.5) is 0 Å². The minimum atomic E-state index is -0.844. The van der Waals surface area contributed by atoms with Gasteiger partial charge in [-0.1, -0.05) is 0 Å². The molecule has 0 rings (SSSR count). The maximum Gasteiger partial charge on any atom is 0.303 e. The van der Waals surface area contributed by atoms with E-state index >= 15 is 0 Å². The highest BCUT2D eigenvalue weighted by Crippen LogP contribution is 2.00. The van der Waals surface area contributed by atoms with E-state index in [9.17, 15) is 4.79 Å². The van der Waals surface area contributed by atoms with Gasteiger partial charge >= 0.3 is 5.97 Å². The maximum absolute atomic E-state index is 9.95. The van der Waals surface area contributed by atoms with Crippen molar-refractivity contribution in [2.45, 2.75) is 25.6 Å². The molecule has 0 fully saturated rings. The highest BCUT2D eigenvalue weighted by Gasteiger charge is 2.02. The van der Waals surface area contributed by atoms with Gasteiger partial charge in [-0.2, -0.15) is 0 Å². The molecule has 4 nitrogen and oxygen atoms in total. The predicted molar refractivity (Wildman–Crippen MR) is 34.5 cm³/mol. The van der Waals surface area contributed by atoms with Crippen LogP contribution in [0.2, 0.25) is 0 Å². The Bertz CT molecular complexity index is 102. The molecule has 0 aromatic heterocycles. The first-order valence-corrected chi connectivity index (χ1v) is 3.09. The number of ether oxygens (including phenoxy) is 1. The molecular formula is C6H12O4. The fraction of sp³-hybridized carbons (Fsp3) is 0.833. The van der Waals surface area contributed by atoms with Gasteiger partial charge in [0.15, 0.2) is 6.29 Å². The van der Waals surface area contributed by atoms with Crippen molar-refractivity contribution in [3.8, 4) is 0 Å². The molecule has 0 bridgehead atoms. The second kappa shape index (κ2) is 5.20. The molecule has 0 saturated heterocycles. The minimum Gasteiger partial charge on any atom is -0.481 e. The summed E-state index contributed by atoms with van der Waals surface area (Å²) in [5, 5.41) is 16.9. The van der Waals surface area contributed by atoms with Gasteiger partial charge in [-0.15, -0.1) is 0 Å². The van der Waals surface area contributed by atoms with Gasteiger partial charge in [-0.05, 0) is 12.8 Å². The van der Waals surface area contributed by atoms with E-state index in [2.05, 4.69) is 4.74 Å². The van der Waals surface area contributed by atoms with Crippen LogP contribution in [0.25, 0.3) is 0 Å². The van der Waals surface area contributed by atoms with Gasteiger partial charge in [0.25, 0.3) is 0 Å². The molecule has 0 heterocycles. The summed E-state index contributed by atoms with van der Waals surface area (Å²) in [5.41, 5.74) is 0. The summed E-state index contributed by atoms with van der Waals surface area (Å²) in [7, 11) is 1.38. The zero-order valence-corrected chi connectivity index (χ0v) is 5.91. The second-order valence-corrected chi connectivity index (χ2v) is 1.98. The van der Waals surface area contributed by atoms with Gasteiger partial charge in [-0.25, -0.2) is 0 Å². The minimum absolute atomic E-state index is 0.0837. The summed E-state index contributed by atoms with van der Waals surface area (Å²) in [6.07, 6.45) is 0.0902. The lowest BCUT2D eigenvalue weighted by atomic mass is 10.2. The van der Waals surface area contributed by atoms with Crippen molar-refractivity contribution >= 4 is 5.97 Å².